The van der Waals surface area contributed by atoms with Crippen molar-refractivity contribution in [3.05, 3.63) is 60.3 Å². The van der Waals surface area contributed by atoms with E-state index in [-0.39, 0.29) is 11.8 Å². The van der Waals surface area contributed by atoms with Crippen molar-refractivity contribution in [1.29, 1.82) is 0 Å². The normalized spacial score (nSPS) is 17.6. The Morgan fingerprint density at radius 1 is 1.17 bits per heavy atom. The molecule has 0 N–H and O–H groups in total. The molecule has 0 bridgehead atoms. The van der Waals surface area contributed by atoms with Crippen LogP contribution < -0.4 is 0 Å². The van der Waals surface area contributed by atoms with Crippen LogP contribution in [0.5, 0.6) is 0 Å². The first kappa shape index (κ1) is 13.8. The average Bonchev–Trinajstić information content (AvgIpc) is 3.35. The summed E-state index contributed by atoms with van der Waals surface area (Å²) in [5, 5.41) is 4.08. The highest BCUT2D eigenvalue weighted by Gasteiger charge is 2.32. The van der Waals surface area contributed by atoms with Gasteiger partial charge in [0.1, 0.15) is 0 Å². The Hall–Kier alpha value is -2.89. The summed E-state index contributed by atoms with van der Waals surface area (Å²) in [7, 11) is 0. The van der Waals surface area contributed by atoms with Crippen LogP contribution in [0.2, 0.25) is 0 Å². The molecule has 1 aliphatic rings. The Labute approximate surface area is 132 Å². The van der Waals surface area contributed by atoms with Gasteiger partial charge in [0.2, 0.25) is 0 Å². The quantitative estimate of drug-likeness (QED) is 0.743. The standard InChI is InChI=1S/C17H15N3O3/c21-17(14-7-4-10-22-14)20-9-8-13(11-20)15-18-16(23-19-15)12-5-2-1-3-6-12/h1-7,10,13H,8-9,11H2. The minimum Gasteiger partial charge on any atom is -0.459 e. The van der Waals surface area contributed by atoms with Crippen LogP contribution in [0.3, 0.4) is 0 Å². The zero-order valence-corrected chi connectivity index (χ0v) is 12.4. The van der Waals surface area contributed by atoms with Crippen LogP contribution in [-0.4, -0.2) is 34.0 Å². The fourth-order valence-corrected chi connectivity index (χ4v) is 2.81. The zero-order chi connectivity index (χ0) is 15.6. The highest BCUT2D eigenvalue weighted by atomic mass is 16.5. The Morgan fingerprint density at radius 2 is 2.04 bits per heavy atom. The van der Waals surface area contributed by atoms with Crippen molar-refractivity contribution in [2.45, 2.75) is 12.3 Å². The third-order valence-electron chi connectivity index (χ3n) is 4.04. The van der Waals surface area contributed by atoms with Crippen LogP contribution in [-0.2, 0) is 0 Å². The number of hydrogen-bond acceptors (Lipinski definition) is 5. The van der Waals surface area contributed by atoms with Gasteiger partial charge in [-0.15, -0.1) is 0 Å². The van der Waals surface area contributed by atoms with Gasteiger partial charge in [-0.05, 0) is 30.7 Å². The molecule has 1 atom stereocenters. The van der Waals surface area contributed by atoms with Crippen molar-refractivity contribution in [1.82, 2.24) is 15.0 Å². The largest absolute Gasteiger partial charge is 0.459 e. The lowest BCUT2D eigenvalue weighted by Gasteiger charge is -2.13. The van der Waals surface area contributed by atoms with E-state index < -0.39 is 0 Å². The molecular formula is C17H15N3O3. The second kappa shape index (κ2) is 5.72. The van der Waals surface area contributed by atoms with Crippen molar-refractivity contribution in [3.8, 4) is 11.5 Å². The minimum absolute atomic E-state index is 0.0927. The molecule has 1 amide bonds. The molecule has 4 rings (SSSR count). The van der Waals surface area contributed by atoms with E-state index >= 15 is 0 Å². The second-order valence-corrected chi connectivity index (χ2v) is 5.54. The molecule has 6 heteroatoms. The van der Waals surface area contributed by atoms with Gasteiger partial charge in [0.15, 0.2) is 11.6 Å². The molecule has 1 aliphatic heterocycles. The van der Waals surface area contributed by atoms with Gasteiger partial charge in [-0.2, -0.15) is 4.98 Å². The summed E-state index contributed by atoms with van der Waals surface area (Å²) in [5.41, 5.74) is 0.896. The maximum absolute atomic E-state index is 12.3. The summed E-state index contributed by atoms with van der Waals surface area (Å²) < 4.78 is 10.5. The van der Waals surface area contributed by atoms with E-state index in [1.54, 1.807) is 17.0 Å². The van der Waals surface area contributed by atoms with Crippen molar-refractivity contribution >= 4 is 5.91 Å². The lowest BCUT2D eigenvalue weighted by atomic mass is 10.1. The first-order valence-corrected chi connectivity index (χ1v) is 7.53. The van der Waals surface area contributed by atoms with E-state index in [9.17, 15) is 4.79 Å². The zero-order valence-electron chi connectivity index (χ0n) is 12.4. The molecule has 1 unspecified atom stereocenters. The third kappa shape index (κ3) is 2.63. The molecule has 0 saturated carbocycles. The number of hydrogen-bond donors (Lipinski definition) is 0. The molecule has 0 spiro atoms. The Balaban J connectivity index is 1.48. The van der Waals surface area contributed by atoms with Gasteiger partial charge in [-0.3, -0.25) is 4.79 Å². The van der Waals surface area contributed by atoms with Crippen LogP contribution in [0.4, 0.5) is 0 Å². The molecule has 3 aromatic rings. The van der Waals surface area contributed by atoms with Crippen LogP contribution in [0.25, 0.3) is 11.5 Å². The number of amides is 1. The maximum Gasteiger partial charge on any atom is 0.289 e. The summed E-state index contributed by atoms with van der Waals surface area (Å²) >= 11 is 0. The number of rotatable bonds is 3. The van der Waals surface area contributed by atoms with Crippen LogP contribution in [0, 0.1) is 0 Å². The number of likely N-dealkylation sites (tertiary alicyclic amines) is 1. The molecular weight excluding hydrogens is 294 g/mol. The molecule has 3 heterocycles. The highest BCUT2D eigenvalue weighted by Crippen LogP contribution is 2.28. The molecule has 0 aliphatic carbocycles. The third-order valence-corrected chi connectivity index (χ3v) is 4.04. The summed E-state index contributed by atoms with van der Waals surface area (Å²) in [5.74, 6) is 1.53. The monoisotopic (exact) mass is 309 g/mol. The van der Waals surface area contributed by atoms with E-state index in [1.165, 1.54) is 6.26 Å². The van der Waals surface area contributed by atoms with Gasteiger partial charge >= 0.3 is 0 Å². The summed E-state index contributed by atoms with van der Waals surface area (Å²) in [6.07, 6.45) is 2.33. The lowest BCUT2D eigenvalue weighted by Crippen LogP contribution is -2.28. The van der Waals surface area contributed by atoms with E-state index in [4.69, 9.17) is 8.94 Å². The van der Waals surface area contributed by atoms with Gasteiger partial charge in [0, 0.05) is 24.6 Å². The van der Waals surface area contributed by atoms with Crippen LogP contribution in [0.1, 0.15) is 28.7 Å². The lowest BCUT2D eigenvalue weighted by molar-refractivity contribution is 0.0759. The van der Waals surface area contributed by atoms with Crippen molar-refractivity contribution in [3.63, 3.8) is 0 Å². The SMILES string of the molecule is O=C(c1ccco1)N1CCC(c2noc(-c3ccccc3)n2)C1. The first-order valence-electron chi connectivity index (χ1n) is 7.53. The molecule has 2 aromatic heterocycles. The Morgan fingerprint density at radius 3 is 2.83 bits per heavy atom. The summed E-state index contributed by atoms with van der Waals surface area (Å²) in [4.78, 5) is 18.5. The molecule has 6 nitrogen and oxygen atoms in total. The summed E-state index contributed by atoms with van der Waals surface area (Å²) in [6, 6.07) is 13.0. The number of aromatic nitrogens is 2. The fourth-order valence-electron chi connectivity index (χ4n) is 2.81. The molecule has 0 radical (unpaired) electrons. The number of nitrogens with zero attached hydrogens (tertiary/aromatic N) is 3. The Bertz CT molecular complexity index is 796. The molecule has 1 aromatic carbocycles. The van der Waals surface area contributed by atoms with E-state index in [2.05, 4.69) is 10.1 Å². The van der Waals surface area contributed by atoms with Crippen molar-refractivity contribution < 1.29 is 13.7 Å². The van der Waals surface area contributed by atoms with E-state index in [0.29, 0.717) is 30.6 Å². The Kier molecular flexibility index (Phi) is 3.42. The smallest absolute Gasteiger partial charge is 0.289 e. The van der Waals surface area contributed by atoms with E-state index in [1.807, 2.05) is 30.3 Å². The van der Waals surface area contributed by atoms with Gasteiger partial charge in [-0.25, -0.2) is 0 Å². The number of furan rings is 1. The predicted octanol–water partition coefficient (Wildman–Crippen LogP) is 2.96. The van der Waals surface area contributed by atoms with Crippen LogP contribution >= 0.6 is 0 Å². The first-order chi connectivity index (χ1) is 11.3. The van der Waals surface area contributed by atoms with Gasteiger partial charge in [-0.1, -0.05) is 23.4 Å². The summed E-state index contributed by atoms with van der Waals surface area (Å²) in [6.45, 7) is 1.24. The number of carbonyl (C=O) groups is 1. The molecule has 23 heavy (non-hydrogen) atoms. The maximum atomic E-state index is 12.3. The van der Waals surface area contributed by atoms with Gasteiger partial charge in [0.05, 0.1) is 6.26 Å². The minimum atomic E-state index is -0.0933. The topological polar surface area (TPSA) is 72.4 Å². The number of benzene rings is 1. The van der Waals surface area contributed by atoms with Crippen molar-refractivity contribution in [2.24, 2.45) is 0 Å². The van der Waals surface area contributed by atoms with Gasteiger partial charge < -0.3 is 13.8 Å². The second-order valence-electron chi connectivity index (χ2n) is 5.54. The fraction of sp³-hybridized carbons (Fsp3) is 0.235. The highest BCUT2D eigenvalue weighted by molar-refractivity contribution is 5.91. The predicted molar refractivity (Wildman–Crippen MR) is 81.7 cm³/mol. The number of carbonyl (C=O) groups excluding carboxylic acids is 1. The average molecular weight is 309 g/mol. The molecule has 116 valence electrons. The van der Waals surface area contributed by atoms with E-state index in [0.717, 1.165) is 12.0 Å². The van der Waals surface area contributed by atoms with Crippen molar-refractivity contribution in [2.75, 3.05) is 13.1 Å². The van der Waals surface area contributed by atoms with Gasteiger partial charge in [0.25, 0.3) is 11.8 Å². The van der Waals surface area contributed by atoms with Crippen LogP contribution in [0.15, 0.2) is 57.7 Å². The molecule has 1 saturated heterocycles. The molecule has 1 fully saturated rings.